The Morgan fingerprint density at radius 2 is 2.38 bits per heavy atom. The quantitative estimate of drug-likeness (QED) is 0.690. The number of thioether (sulfide) groups is 1. The van der Waals surface area contributed by atoms with Crippen LogP contribution in [0.25, 0.3) is 0 Å². The summed E-state index contributed by atoms with van der Waals surface area (Å²) in [5.41, 5.74) is 5.72. The molecule has 0 aromatic carbocycles. The van der Waals surface area contributed by atoms with Gasteiger partial charge >= 0.3 is 0 Å². The van der Waals surface area contributed by atoms with Crippen LogP contribution in [-0.2, 0) is 0 Å². The third-order valence-electron chi connectivity index (χ3n) is 1.58. The normalized spacial score (nSPS) is 12.8. The number of nitrogens with two attached hydrogens (primary N) is 1. The topological polar surface area (TPSA) is 59.1 Å². The summed E-state index contributed by atoms with van der Waals surface area (Å²) in [7, 11) is 0. The Labute approximate surface area is 82.4 Å². The molecule has 4 heteroatoms. The number of aliphatic hydroxyl groups excluding tert-OH is 1. The second kappa shape index (κ2) is 5.96. The van der Waals surface area contributed by atoms with E-state index in [0.717, 1.165) is 10.8 Å². The summed E-state index contributed by atoms with van der Waals surface area (Å²) in [6.45, 7) is 0.157. The van der Waals surface area contributed by atoms with Crippen molar-refractivity contribution in [1.29, 1.82) is 0 Å². The Balaban J connectivity index is 2.27. The molecule has 0 saturated carbocycles. The van der Waals surface area contributed by atoms with Crippen LogP contribution in [-0.4, -0.2) is 28.5 Å². The molecule has 0 spiro atoms. The SMILES string of the molecule is NC(CCO)CSc1ccccn1. The molecule has 1 rings (SSSR count). The van der Waals surface area contributed by atoms with Crippen molar-refractivity contribution in [3.63, 3.8) is 0 Å². The third kappa shape index (κ3) is 4.26. The van der Waals surface area contributed by atoms with Crippen LogP contribution in [0, 0.1) is 0 Å². The van der Waals surface area contributed by atoms with E-state index in [0.29, 0.717) is 6.42 Å². The van der Waals surface area contributed by atoms with Gasteiger partial charge in [-0.2, -0.15) is 0 Å². The lowest BCUT2D eigenvalue weighted by Crippen LogP contribution is -2.23. The predicted molar refractivity (Wildman–Crippen MR) is 54.6 cm³/mol. The molecule has 13 heavy (non-hydrogen) atoms. The van der Waals surface area contributed by atoms with E-state index >= 15 is 0 Å². The molecule has 1 aromatic rings. The summed E-state index contributed by atoms with van der Waals surface area (Å²) < 4.78 is 0. The zero-order valence-electron chi connectivity index (χ0n) is 7.39. The van der Waals surface area contributed by atoms with Crippen molar-refractivity contribution in [2.24, 2.45) is 5.73 Å². The van der Waals surface area contributed by atoms with Gasteiger partial charge in [0.2, 0.25) is 0 Å². The van der Waals surface area contributed by atoms with Gasteiger partial charge in [0.15, 0.2) is 0 Å². The van der Waals surface area contributed by atoms with E-state index in [2.05, 4.69) is 4.98 Å². The molecular formula is C9H14N2OS. The highest BCUT2D eigenvalue weighted by Gasteiger charge is 2.02. The number of nitrogens with zero attached hydrogens (tertiary/aromatic N) is 1. The van der Waals surface area contributed by atoms with Crippen LogP contribution >= 0.6 is 11.8 Å². The van der Waals surface area contributed by atoms with Gasteiger partial charge in [0.1, 0.15) is 0 Å². The fourth-order valence-corrected chi connectivity index (χ4v) is 1.74. The molecule has 0 aliphatic heterocycles. The summed E-state index contributed by atoms with van der Waals surface area (Å²) in [6.07, 6.45) is 2.42. The predicted octanol–water partition coefficient (Wildman–Crippen LogP) is 0.883. The molecule has 1 aromatic heterocycles. The van der Waals surface area contributed by atoms with Crippen molar-refractivity contribution in [2.45, 2.75) is 17.5 Å². The maximum absolute atomic E-state index is 8.63. The van der Waals surface area contributed by atoms with Crippen LogP contribution < -0.4 is 5.73 Å². The first kappa shape index (κ1) is 10.5. The first-order chi connectivity index (χ1) is 6.33. The number of hydrogen-bond donors (Lipinski definition) is 2. The highest BCUT2D eigenvalue weighted by Crippen LogP contribution is 2.14. The number of hydrogen-bond acceptors (Lipinski definition) is 4. The highest BCUT2D eigenvalue weighted by molar-refractivity contribution is 7.99. The van der Waals surface area contributed by atoms with Crippen LogP contribution in [0.4, 0.5) is 0 Å². The van der Waals surface area contributed by atoms with Crippen LogP contribution in [0.5, 0.6) is 0 Å². The number of pyridine rings is 1. The molecule has 0 fully saturated rings. The molecule has 1 unspecified atom stereocenters. The van der Waals surface area contributed by atoms with Crippen LogP contribution in [0.1, 0.15) is 6.42 Å². The third-order valence-corrected chi connectivity index (χ3v) is 2.72. The van der Waals surface area contributed by atoms with Gasteiger partial charge < -0.3 is 10.8 Å². The molecule has 0 radical (unpaired) electrons. The average molecular weight is 198 g/mol. The molecule has 0 aliphatic carbocycles. The molecule has 0 bridgehead atoms. The molecular weight excluding hydrogens is 184 g/mol. The van der Waals surface area contributed by atoms with E-state index in [-0.39, 0.29) is 12.6 Å². The summed E-state index contributed by atoms with van der Waals surface area (Å²) in [4.78, 5) is 4.16. The van der Waals surface area contributed by atoms with Gasteiger partial charge in [-0.25, -0.2) is 4.98 Å². The van der Waals surface area contributed by atoms with E-state index in [4.69, 9.17) is 10.8 Å². The maximum Gasteiger partial charge on any atom is 0.0960 e. The minimum absolute atomic E-state index is 0.0528. The fraction of sp³-hybridized carbons (Fsp3) is 0.444. The summed E-state index contributed by atoms with van der Waals surface area (Å²) >= 11 is 1.62. The van der Waals surface area contributed by atoms with Gasteiger partial charge in [0.25, 0.3) is 0 Å². The van der Waals surface area contributed by atoms with E-state index in [9.17, 15) is 0 Å². The average Bonchev–Trinajstić information content (AvgIpc) is 2.17. The molecule has 0 aliphatic rings. The van der Waals surface area contributed by atoms with E-state index < -0.39 is 0 Å². The number of aliphatic hydroxyl groups is 1. The molecule has 72 valence electrons. The van der Waals surface area contributed by atoms with E-state index in [1.807, 2.05) is 18.2 Å². The van der Waals surface area contributed by atoms with Crippen molar-refractivity contribution in [1.82, 2.24) is 4.98 Å². The second-order valence-electron chi connectivity index (χ2n) is 2.75. The van der Waals surface area contributed by atoms with Gasteiger partial charge in [-0.1, -0.05) is 6.07 Å². The molecule has 1 heterocycles. The summed E-state index contributed by atoms with van der Waals surface area (Å²) in [6, 6.07) is 5.85. The Kier molecular flexibility index (Phi) is 4.82. The monoisotopic (exact) mass is 198 g/mol. The zero-order valence-corrected chi connectivity index (χ0v) is 8.20. The Morgan fingerprint density at radius 3 is 3.00 bits per heavy atom. The smallest absolute Gasteiger partial charge is 0.0960 e. The van der Waals surface area contributed by atoms with Gasteiger partial charge in [-0.3, -0.25) is 0 Å². The van der Waals surface area contributed by atoms with E-state index in [1.54, 1.807) is 18.0 Å². The maximum atomic E-state index is 8.63. The number of rotatable bonds is 5. The summed E-state index contributed by atoms with van der Waals surface area (Å²) in [5.74, 6) is 0.803. The van der Waals surface area contributed by atoms with Crippen molar-refractivity contribution < 1.29 is 5.11 Å². The van der Waals surface area contributed by atoms with Gasteiger partial charge in [0.05, 0.1) is 5.03 Å². The fourth-order valence-electron chi connectivity index (χ4n) is 0.874. The molecule has 0 saturated heterocycles. The van der Waals surface area contributed by atoms with Gasteiger partial charge in [-0.15, -0.1) is 11.8 Å². The first-order valence-electron chi connectivity index (χ1n) is 4.23. The van der Waals surface area contributed by atoms with Gasteiger partial charge in [0, 0.05) is 24.6 Å². The minimum atomic E-state index is 0.0528. The molecule has 0 amide bonds. The Hall–Kier alpha value is -0.580. The Morgan fingerprint density at radius 1 is 1.54 bits per heavy atom. The van der Waals surface area contributed by atoms with Crippen molar-refractivity contribution >= 4 is 11.8 Å². The number of aromatic nitrogens is 1. The molecule has 1 atom stereocenters. The van der Waals surface area contributed by atoms with Crippen LogP contribution in [0.3, 0.4) is 0 Å². The van der Waals surface area contributed by atoms with Crippen molar-refractivity contribution in [3.05, 3.63) is 24.4 Å². The molecule has 3 nitrogen and oxygen atoms in total. The lowest BCUT2D eigenvalue weighted by atomic mass is 10.3. The standard InChI is InChI=1S/C9H14N2OS/c10-8(4-6-12)7-13-9-3-1-2-5-11-9/h1-3,5,8,12H,4,6-7,10H2. The molecule has 3 N–H and O–H groups in total. The van der Waals surface area contributed by atoms with E-state index in [1.165, 1.54) is 0 Å². The van der Waals surface area contributed by atoms with Crippen LogP contribution in [0.15, 0.2) is 29.4 Å². The second-order valence-corrected chi connectivity index (χ2v) is 3.79. The lowest BCUT2D eigenvalue weighted by molar-refractivity contribution is 0.279. The lowest BCUT2D eigenvalue weighted by Gasteiger charge is -2.07. The zero-order chi connectivity index (χ0) is 9.52. The van der Waals surface area contributed by atoms with Crippen LogP contribution in [0.2, 0.25) is 0 Å². The largest absolute Gasteiger partial charge is 0.396 e. The van der Waals surface area contributed by atoms with Gasteiger partial charge in [-0.05, 0) is 18.6 Å². The van der Waals surface area contributed by atoms with Crippen molar-refractivity contribution in [2.75, 3.05) is 12.4 Å². The minimum Gasteiger partial charge on any atom is -0.396 e. The highest BCUT2D eigenvalue weighted by atomic mass is 32.2. The first-order valence-corrected chi connectivity index (χ1v) is 5.21. The Bertz CT molecular complexity index is 230. The summed E-state index contributed by atoms with van der Waals surface area (Å²) in [5, 5.41) is 9.61. The van der Waals surface area contributed by atoms with Crippen molar-refractivity contribution in [3.8, 4) is 0 Å².